The number of methoxy groups -OCH3 is 1. The Kier molecular flexibility index (Phi) is 4.65. The molecule has 7 heteroatoms. The number of piperidine rings is 1. The molecule has 1 saturated heterocycles. The summed E-state index contributed by atoms with van der Waals surface area (Å²) in [5.41, 5.74) is 5.23. The number of hydrogen-bond donors (Lipinski definition) is 1. The molecule has 2 aliphatic heterocycles. The fourth-order valence-electron chi connectivity index (χ4n) is 4.82. The van der Waals surface area contributed by atoms with Gasteiger partial charge in [0.15, 0.2) is 0 Å². The van der Waals surface area contributed by atoms with Gasteiger partial charge in [0, 0.05) is 17.8 Å². The number of rotatable bonds is 5. The Hall–Kier alpha value is -3.35. The minimum atomic E-state index is -0.768. The predicted octanol–water partition coefficient (Wildman–Crippen LogP) is 3.59. The SMILES string of the molecule is COc1ccc(-c2cn(C3CCC4=C(CC(=O)O)C5=CC=CCC5N4C3)nn2)cc1. The summed E-state index contributed by atoms with van der Waals surface area (Å²) in [6, 6.07) is 8.27. The van der Waals surface area contributed by atoms with Gasteiger partial charge in [-0.2, -0.15) is 0 Å². The fourth-order valence-corrected chi connectivity index (χ4v) is 4.82. The van der Waals surface area contributed by atoms with E-state index in [1.165, 1.54) is 11.3 Å². The summed E-state index contributed by atoms with van der Waals surface area (Å²) in [6.07, 6.45) is 11.1. The Morgan fingerprint density at radius 2 is 2.13 bits per heavy atom. The van der Waals surface area contributed by atoms with Crippen molar-refractivity contribution in [3.63, 3.8) is 0 Å². The van der Waals surface area contributed by atoms with Gasteiger partial charge in [-0.05, 0) is 54.7 Å². The average molecular weight is 404 g/mol. The predicted molar refractivity (Wildman–Crippen MR) is 112 cm³/mol. The Bertz CT molecular complexity index is 1060. The Labute approximate surface area is 175 Å². The van der Waals surface area contributed by atoms with E-state index in [1.54, 1.807) is 7.11 Å². The van der Waals surface area contributed by atoms with Crippen molar-refractivity contribution in [2.24, 2.45) is 0 Å². The summed E-state index contributed by atoms with van der Waals surface area (Å²) in [5, 5.41) is 18.2. The number of allylic oxidation sites excluding steroid dienone is 3. The lowest BCUT2D eigenvalue weighted by Gasteiger charge is -2.37. The number of aliphatic carboxylic acids is 1. The van der Waals surface area contributed by atoms with Crippen LogP contribution in [0.1, 0.15) is 31.7 Å². The molecule has 2 aromatic rings. The van der Waals surface area contributed by atoms with Crippen LogP contribution in [0, 0.1) is 0 Å². The molecule has 5 rings (SSSR count). The maximum atomic E-state index is 11.4. The summed E-state index contributed by atoms with van der Waals surface area (Å²) >= 11 is 0. The Morgan fingerprint density at radius 3 is 2.90 bits per heavy atom. The van der Waals surface area contributed by atoms with Crippen molar-refractivity contribution in [3.8, 4) is 17.0 Å². The van der Waals surface area contributed by atoms with Crippen molar-refractivity contribution in [2.45, 2.75) is 37.8 Å². The van der Waals surface area contributed by atoms with Gasteiger partial charge in [-0.3, -0.25) is 4.79 Å². The zero-order valence-corrected chi connectivity index (χ0v) is 16.9. The summed E-state index contributed by atoms with van der Waals surface area (Å²) in [7, 11) is 1.65. The van der Waals surface area contributed by atoms with Crippen LogP contribution in [0.4, 0.5) is 0 Å². The number of benzene rings is 1. The molecule has 0 amide bonds. The van der Waals surface area contributed by atoms with E-state index >= 15 is 0 Å². The highest BCUT2D eigenvalue weighted by Crippen LogP contribution is 2.45. The molecule has 154 valence electrons. The van der Waals surface area contributed by atoms with Crippen LogP contribution in [-0.2, 0) is 4.79 Å². The number of carbonyl (C=O) groups is 1. The van der Waals surface area contributed by atoms with Gasteiger partial charge >= 0.3 is 5.97 Å². The van der Waals surface area contributed by atoms with Gasteiger partial charge in [-0.15, -0.1) is 5.10 Å². The second-order valence-electron chi connectivity index (χ2n) is 7.95. The van der Waals surface area contributed by atoms with Gasteiger partial charge in [0.05, 0.1) is 31.8 Å². The van der Waals surface area contributed by atoms with Crippen molar-refractivity contribution >= 4 is 5.97 Å². The summed E-state index contributed by atoms with van der Waals surface area (Å²) in [5.74, 6) is 0.0467. The van der Waals surface area contributed by atoms with Crippen molar-refractivity contribution < 1.29 is 14.6 Å². The quantitative estimate of drug-likeness (QED) is 0.820. The van der Waals surface area contributed by atoms with Crippen molar-refractivity contribution in [3.05, 3.63) is 65.5 Å². The highest BCUT2D eigenvalue weighted by Gasteiger charge is 2.40. The van der Waals surface area contributed by atoms with E-state index in [-0.39, 0.29) is 18.5 Å². The number of ether oxygens (including phenoxy) is 1. The maximum absolute atomic E-state index is 11.4. The minimum Gasteiger partial charge on any atom is -0.497 e. The van der Waals surface area contributed by atoms with Crippen LogP contribution in [0.3, 0.4) is 0 Å². The van der Waals surface area contributed by atoms with Crippen molar-refractivity contribution in [1.29, 1.82) is 0 Å². The molecule has 1 N–H and O–H groups in total. The molecular weight excluding hydrogens is 380 g/mol. The van der Waals surface area contributed by atoms with Gasteiger partial charge in [0.25, 0.3) is 0 Å². The number of hydrogen-bond acceptors (Lipinski definition) is 5. The zero-order chi connectivity index (χ0) is 20.7. The van der Waals surface area contributed by atoms with E-state index in [1.807, 2.05) is 41.2 Å². The summed E-state index contributed by atoms with van der Waals surface area (Å²) < 4.78 is 7.19. The molecular formula is C23H24N4O3. The molecule has 1 aromatic carbocycles. The maximum Gasteiger partial charge on any atom is 0.307 e. The van der Waals surface area contributed by atoms with Gasteiger partial charge < -0.3 is 14.7 Å². The monoisotopic (exact) mass is 404 g/mol. The van der Waals surface area contributed by atoms with Crippen LogP contribution in [0.15, 0.2) is 65.5 Å². The number of aromatic nitrogens is 3. The smallest absolute Gasteiger partial charge is 0.307 e. The molecule has 0 bridgehead atoms. The fraction of sp³-hybridized carbons (Fsp3) is 0.348. The molecule has 1 aliphatic carbocycles. The Balaban J connectivity index is 1.39. The number of carboxylic acid groups (broad SMARTS) is 1. The summed E-state index contributed by atoms with van der Waals surface area (Å²) in [6.45, 7) is 0.819. The zero-order valence-electron chi connectivity index (χ0n) is 16.9. The van der Waals surface area contributed by atoms with Crippen LogP contribution >= 0.6 is 0 Å². The first kappa shape index (κ1) is 18.7. The van der Waals surface area contributed by atoms with Crippen LogP contribution in [-0.4, -0.2) is 50.7 Å². The normalized spacial score (nSPS) is 22.6. The molecule has 0 spiro atoms. The lowest BCUT2D eigenvalue weighted by molar-refractivity contribution is -0.136. The number of carboxylic acids is 1. The molecule has 0 radical (unpaired) electrons. The lowest BCUT2D eigenvalue weighted by atomic mass is 9.93. The molecule has 2 atom stereocenters. The Morgan fingerprint density at radius 1 is 1.30 bits per heavy atom. The van der Waals surface area contributed by atoms with E-state index in [9.17, 15) is 9.90 Å². The van der Waals surface area contributed by atoms with E-state index < -0.39 is 5.97 Å². The van der Waals surface area contributed by atoms with Crippen LogP contribution in [0.25, 0.3) is 11.3 Å². The van der Waals surface area contributed by atoms with E-state index in [0.717, 1.165) is 48.4 Å². The van der Waals surface area contributed by atoms with E-state index in [0.29, 0.717) is 0 Å². The van der Waals surface area contributed by atoms with E-state index in [2.05, 4.69) is 27.4 Å². The molecule has 0 saturated carbocycles. The molecule has 2 unspecified atom stereocenters. The topological polar surface area (TPSA) is 80.5 Å². The highest BCUT2D eigenvalue weighted by molar-refractivity contribution is 5.73. The highest BCUT2D eigenvalue weighted by atomic mass is 16.5. The van der Waals surface area contributed by atoms with Crippen molar-refractivity contribution in [1.82, 2.24) is 19.9 Å². The second-order valence-corrected chi connectivity index (χ2v) is 7.95. The van der Waals surface area contributed by atoms with Gasteiger partial charge in [-0.1, -0.05) is 23.4 Å². The molecule has 3 heterocycles. The number of nitrogens with zero attached hydrogens (tertiary/aromatic N) is 4. The standard InChI is InChI=1S/C23H24N4O3/c1-30-17-9-6-15(7-10-17)20-14-27(25-24-20)16-8-11-22-19(12-23(28)29)18-4-2-3-5-21(18)26(22)13-16/h2-4,6-7,9-10,14,16,21H,5,8,11-13H2,1H3,(H,28,29). The second kappa shape index (κ2) is 7.48. The largest absolute Gasteiger partial charge is 0.497 e. The van der Waals surface area contributed by atoms with Gasteiger partial charge in [0.1, 0.15) is 11.4 Å². The third-order valence-corrected chi connectivity index (χ3v) is 6.27. The molecule has 1 fully saturated rings. The number of fused-ring (bicyclic) bond motifs is 3. The van der Waals surface area contributed by atoms with Crippen LogP contribution in [0.2, 0.25) is 0 Å². The lowest BCUT2D eigenvalue weighted by Crippen LogP contribution is -2.39. The van der Waals surface area contributed by atoms with E-state index in [4.69, 9.17) is 4.74 Å². The average Bonchev–Trinajstić information content (AvgIpc) is 3.38. The first-order valence-electron chi connectivity index (χ1n) is 10.3. The van der Waals surface area contributed by atoms with Crippen molar-refractivity contribution in [2.75, 3.05) is 13.7 Å². The molecule has 30 heavy (non-hydrogen) atoms. The first-order valence-corrected chi connectivity index (χ1v) is 10.3. The van der Waals surface area contributed by atoms with Crippen LogP contribution in [0.5, 0.6) is 5.75 Å². The first-order chi connectivity index (χ1) is 14.6. The van der Waals surface area contributed by atoms with Crippen LogP contribution < -0.4 is 4.74 Å². The van der Waals surface area contributed by atoms with Gasteiger partial charge in [-0.25, -0.2) is 4.68 Å². The third-order valence-electron chi connectivity index (χ3n) is 6.27. The third kappa shape index (κ3) is 3.20. The molecule has 3 aliphatic rings. The summed E-state index contributed by atoms with van der Waals surface area (Å²) in [4.78, 5) is 13.8. The minimum absolute atomic E-state index is 0.0949. The van der Waals surface area contributed by atoms with Gasteiger partial charge in [0.2, 0.25) is 0 Å². The molecule has 7 nitrogen and oxygen atoms in total. The molecule has 1 aromatic heterocycles.